The second kappa shape index (κ2) is 6.46. The maximum atomic E-state index is 12.6. The lowest BCUT2D eigenvalue weighted by molar-refractivity contribution is -0.139. The van der Waals surface area contributed by atoms with Gasteiger partial charge in [-0.05, 0) is 24.1 Å². The van der Waals surface area contributed by atoms with E-state index in [1.54, 1.807) is 12.0 Å². The molecule has 2 aliphatic heterocycles. The average Bonchev–Trinajstić information content (AvgIpc) is 2.54. The van der Waals surface area contributed by atoms with Crippen LogP contribution < -0.4 is 5.32 Å². The molecule has 1 N–H and O–H groups in total. The molecule has 0 radical (unpaired) electrons. The summed E-state index contributed by atoms with van der Waals surface area (Å²) in [7, 11) is 1.63. The first kappa shape index (κ1) is 15.0. The Kier molecular flexibility index (Phi) is 4.40. The van der Waals surface area contributed by atoms with Gasteiger partial charge in [0.1, 0.15) is 6.61 Å². The first-order valence-corrected chi connectivity index (χ1v) is 7.45. The van der Waals surface area contributed by atoms with E-state index in [-0.39, 0.29) is 30.6 Å². The van der Waals surface area contributed by atoms with E-state index in [2.05, 4.69) is 5.32 Å². The van der Waals surface area contributed by atoms with Gasteiger partial charge in [-0.25, -0.2) is 0 Å². The molecule has 1 aromatic rings. The highest BCUT2D eigenvalue weighted by Crippen LogP contribution is 2.19. The molecule has 0 aliphatic carbocycles. The Labute approximate surface area is 129 Å². The number of nitrogens with one attached hydrogen (secondary N) is 1. The van der Waals surface area contributed by atoms with Crippen molar-refractivity contribution in [3.8, 4) is 0 Å². The lowest BCUT2D eigenvalue weighted by atomic mass is 9.99. The maximum absolute atomic E-state index is 12.6. The van der Waals surface area contributed by atoms with Crippen molar-refractivity contribution in [3.63, 3.8) is 0 Å². The third kappa shape index (κ3) is 3.13. The number of nitrogens with zero attached hydrogens (tertiary/aromatic N) is 1. The van der Waals surface area contributed by atoms with Gasteiger partial charge in [-0.3, -0.25) is 9.59 Å². The van der Waals surface area contributed by atoms with Gasteiger partial charge >= 0.3 is 0 Å². The van der Waals surface area contributed by atoms with Crippen LogP contribution >= 0.6 is 0 Å². The Balaban J connectivity index is 1.70. The van der Waals surface area contributed by atoms with Gasteiger partial charge in [0.15, 0.2) is 0 Å². The van der Waals surface area contributed by atoms with Crippen molar-refractivity contribution < 1.29 is 19.1 Å². The molecule has 6 nitrogen and oxygen atoms in total. The molecule has 0 saturated carbocycles. The summed E-state index contributed by atoms with van der Waals surface area (Å²) in [6.07, 6.45) is 0.760. The molecule has 2 atom stereocenters. The number of morpholine rings is 1. The fourth-order valence-corrected chi connectivity index (χ4v) is 3.03. The molecule has 0 bridgehead atoms. The number of likely N-dealkylation sites (tertiary alicyclic amines) is 1. The monoisotopic (exact) mass is 304 g/mol. The molecule has 0 aromatic heterocycles. The van der Waals surface area contributed by atoms with E-state index in [0.717, 1.165) is 12.0 Å². The van der Waals surface area contributed by atoms with E-state index in [1.165, 1.54) is 0 Å². The Morgan fingerprint density at radius 2 is 2.36 bits per heavy atom. The number of amides is 2. The number of piperidine rings is 1. The Morgan fingerprint density at radius 1 is 1.50 bits per heavy atom. The van der Waals surface area contributed by atoms with Crippen LogP contribution in [0.1, 0.15) is 22.3 Å². The van der Waals surface area contributed by atoms with E-state index < -0.39 is 0 Å². The third-order valence-electron chi connectivity index (χ3n) is 4.10. The predicted octanol–water partition coefficient (Wildman–Crippen LogP) is 0.562. The summed E-state index contributed by atoms with van der Waals surface area (Å²) in [5.74, 6) is -0.131. The SMILES string of the molecule is COCc1cccc(C(=O)N2CC[C@H]3OCC(=O)N[C@H]3C2)c1. The Bertz CT molecular complexity index is 575. The number of fused-ring (bicyclic) bond motifs is 1. The molecule has 2 amide bonds. The van der Waals surface area contributed by atoms with E-state index in [4.69, 9.17) is 9.47 Å². The topological polar surface area (TPSA) is 67.9 Å². The Morgan fingerprint density at radius 3 is 3.18 bits per heavy atom. The lowest BCUT2D eigenvalue weighted by Gasteiger charge is -2.41. The van der Waals surface area contributed by atoms with Crippen LogP contribution in [-0.4, -0.2) is 55.7 Å². The minimum absolute atomic E-state index is 0.0153. The van der Waals surface area contributed by atoms with Crippen LogP contribution in [0, 0.1) is 0 Å². The summed E-state index contributed by atoms with van der Waals surface area (Å²) in [5, 5.41) is 2.91. The maximum Gasteiger partial charge on any atom is 0.253 e. The highest BCUT2D eigenvalue weighted by atomic mass is 16.5. The molecule has 3 rings (SSSR count). The molecule has 2 heterocycles. The highest BCUT2D eigenvalue weighted by molar-refractivity contribution is 5.94. The molecular weight excluding hydrogens is 284 g/mol. The minimum atomic E-state index is -0.113. The van der Waals surface area contributed by atoms with Gasteiger partial charge in [0.2, 0.25) is 5.91 Å². The van der Waals surface area contributed by atoms with Crippen LogP contribution in [0.4, 0.5) is 0 Å². The summed E-state index contributed by atoms with van der Waals surface area (Å²) in [6, 6.07) is 7.35. The minimum Gasteiger partial charge on any atom is -0.380 e. The molecule has 2 aliphatic rings. The zero-order valence-corrected chi connectivity index (χ0v) is 12.6. The van der Waals surface area contributed by atoms with Crippen LogP contribution in [0.25, 0.3) is 0 Å². The highest BCUT2D eigenvalue weighted by Gasteiger charge is 2.36. The van der Waals surface area contributed by atoms with E-state index >= 15 is 0 Å². The second-order valence-corrected chi connectivity index (χ2v) is 5.70. The fourth-order valence-electron chi connectivity index (χ4n) is 3.03. The van der Waals surface area contributed by atoms with Crippen molar-refractivity contribution in [2.75, 3.05) is 26.8 Å². The summed E-state index contributed by atoms with van der Waals surface area (Å²) >= 11 is 0. The van der Waals surface area contributed by atoms with Crippen molar-refractivity contribution in [1.82, 2.24) is 10.2 Å². The van der Waals surface area contributed by atoms with Gasteiger partial charge in [0.05, 0.1) is 18.8 Å². The molecule has 22 heavy (non-hydrogen) atoms. The van der Waals surface area contributed by atoms with Crippen LogP contribution in [0.5, 0.6) is 0 Å². The van der Waals surface area contributed by atoms with Gasteiger partial charge in [0, 0.05) is 25.8 Å². The molecule has 0 unspecified atom stereocenters. The van der Waals surface area contributed by atoms with E-state index in [0.29, 0.717) is 25.3 Å². The number of rotatable bonds is 3. The van der Waals surface area contributed by atoms with Gasteiger partial charge in [0.25, 0.3) is 5.91 Å². The predicted molar refractivity (Wildman–Crippen MR) is 79.3 cm³/mol. The van der Waals surface area contributed by atoms with Crippen LogP contribution in [0.3, 0.4) is 0 Å². The molecule has 2 saturated heterocycles. The fraction of sp³-hybridized carbons (Fsp3) is 0.500. The summed E-state index contributed by atoms with van der Waals surface area (Å²) in [6.45, 7) is 1.73. The van der Waals surface area contributed by atoms with Crippen molar-refractivity contribution in [3.05, 3.63) is 35.4 Å². The molecule has 1 aromatic carbocycles. The smallest absolute Gasteiger partial charge is 0.253 e. The van der Waals surface area contributed by atoms with Gasteiger partial charge in [-0.15, -0.1) is 0 Å². The quantitative estimate of drug-likeness (QED) is 0.886. The second-order valence-electron chi connectivity index (χ2n) is 5.70. The number of ether oxygens (including phenoxy) is 2. The normalized spacial score (nSPS) is 24.6. The molecule has 118 valence electrons. The van der Waals surface area contributed by atoms with Crippen LogP contribution in [-0.2, 0) is 20.9 Å². The van der Waals surface area contributed by atoms with E-state index in [1.807, 2.05) is 24.3 Å². The number of benzene rings is 1. The standard InChI is InChI=1S/C16H20N2O4/c1-21-9-11-3-2-4-12(7-11)16(20)18-6-5-14-13(8-18)17-15(19)10-22-14/h2-4,7,13-14H,5-6,8-10H2,1H3,(H,17,19)/t13-,14+/m0/s1. The Hall–Kier alpha value is -1.92. The zero-order chi connectivity index (χ0) is 15.5. The first-order valence-electron chi connectivity index (χ1n) is 7.45. The first-order chi connectivity index (χ1) is 10.7. The van der Waals surface area contributed by atoms with Crippen molar-refractivity contribution >= 4 is 11.8 Å². The molecule has 0 spiro atoms. The van der Waals surface area contributed by atoms with Gasteiger partial charge < -0.3 is 19.7 Å². The number of carbonyl (C=O) groups is 2. The molecular formula is C16H20N2O4. The number of carbonyl (C=O) groups excluding carboxylic acids is 2. The summed E-state index contributed by atoms with van der Waals surface area (Å²) in [4.78, 5) is 25.9. The number of hydrogen-bond acceptors (Lipinski definition) is 4. The van der Waals surface area contributed by atoms with Crippen LogP contribution in [0.15, 0.2) is 24.3 Å². The average molecular weight is 304 g/mol. The lowest BCUT2D eigenvalue weighted by Crippen LogP contribution is -2.61. The summed E-state index contributed by atoms with van der Waals surface area (Å²) < 4.78 is 10.6. The van der Waals surface area contributed by atoms with Gasteiger partial charge in [-0.1, -0.05) is 12.1 Å². The van der Waals surface area contributed by atoms with Crippen molar-refractivity contribution in [2.24, 2.45) is 0 Å². The van der Waals surface area contributed by atoms with Crippen molar-refractivity contribution in [2.45, 2.75) is 25.2 Å². The molecule has 6 heteroatoms. The summed E-state index contributed by atoms with van der Waals surface area (Å²) in [5.41, 5.74) is 1.62. The largest absolute Gasteiger partial charge is 0.380 e. The molecule has 2 fully saturated rings. The van der Waals surface area contributed by atoms with Gasteiger partial charge in [-0.2, -0.15) is 0 Å². The van der Waals surface area contributed by atoms with Crippen molar-refractivity contribution in [1.29, 1.82) is 0 Å². The van der Waals surface area contributed by atoms with Crippen LogP contribution in [0.2, 0.25) is 0 Å². The zero-order valence-electron chi connectivity index (χ0n) is 12.6. The number of hydrogen-bond donors (Lipinski definition) is 1. The third-order valence-corrected chi connectivity index (χ3v) is 4.10. The number of methoxy groups -OCH3 is 1. The van der Waals surface area contributed by atoms with E-state index in [9.17, 15) is 9.59 Å².